The van der Waals surface area contributed by atoms with Crippen LogP contribution in [0.1, 0.15) is 26.2 Å². The second-order valence-electron chi connectivity index (χ2n) is 4.30. The molecule has 0 spiro atoms. The molecule has 17 heavy (non-hydrogen) atoms. The first-order chi connectivity index (χ1) is 8.09. The van der Waals surface area contributed by atoms with E-state index in [1.54, 1.807) is 6.92 Å². The molecule has 6 nitrogen and oxygen atoms in total. The molecule has 1 fully saturated rings. The first kappa shape index (κ1) is 13.8. The van der Waals surface area contributed by atoms with Crippen molar-refractivity contribution in [3.8, 4) is 0 Å². The van der Waals surface area contributed by atoms with Gasteiger partial charge in [0.15, 0.2) is 0 Å². The number of carboxylic acids is 1. The van der Waals surface area contributed by atoms with Gasteiger partial charge < -0.3 is 20.5 Å². The molecule has 0 aromatic rings. The lowest BCUT2D eigenvalue weighted by atomic mass is 10.1. The van der Waals surface area contributed by atoms with Crippen LogP contribution < -0.4 is 10.6 Å². The largest absolute Gasteiger partial charge is 0.481 e. The highest BCUT2D eigenvalue weighted by Gasteiger charge is 2.16. The van der Waals surface area contributed by atoms with Crippen molar-refractivity contribution in [3.05, 3.63) is 0 Å². The standard InChI is InChI=1S/C11H20N2O4/c1-8(10(14)15)4-5-12-11(16)13-7-9-3-2-6-17-9/h8-9H,2-7H2,1H3,(H,14,15)(H2,12,13,16). The van der Waals surface area contributed by atoms with E-state index in [1.807, 2.05) is 0 Å². The first-order valence-electron chi connectivity index (χ1n) is 5.95. The molecule has 0 bridgehead atoms. The number of aliphatic carboxylic acids is 1. The van der Waals surface area contributed by atoms with E-state index in [9.17, 15) is 9.59 Å². The summed E-state index contributed by atoms with van der Waals surface area (Å²) in [6, 6.07) is -0.266. The highest BCUT2D eigenvalue weighted by atomic mass is 16.5. The van der Waals surface area contributed by atoms with Crippen LogP contribution in [0, 0.1) is 5.92 Å². The number of carbonyl (C=O) groups is 2. The van der Waals surface area contributed by atoms with Crippen LogP contribution in [0.15, 0.2) is 0 Å². The number of rotatable bonds is 6. The zero-order valence-electron chi connectivity index (χ0n) is 10.1. The summed E-state index contributed by atoms with van der Waals surface area (Å²) in [5.74, 6) is -1.28. The van der Waals surface area contributed by atoms with Gasteiger partial charge in [0, 0.05) is 19.7 Å². The number of carbonyl (C=O) groups excluding carboxylic acids is 1. The number of carboxylic acid groups (broad SMARTS) is 1. The quantitative estimate of drug-likeness (QED) is 0.637. The minimum absolute atomic E-state index is 0.124. The summed E-state index contributed by atoms with van der Waals surface area (Å²) < 4.78 is 5.36. The molecule has 0 aliphatic carbocycles. The molecule has 2 unspecified atom stereocenters. The van der Waals surface area contributed by atoms with Gasteiger partial charge >= 0.3 is 12.0 Å². The van der Waals surface area contributed by atoms with E-state index < -0.39 is 11.9 Å². The van der Waals surface area contributed by atoms with E-state index in [4.69, 9.17) is 9.84 Å². The van der Waals surface area contributed by atoms with Crippen LogP contribution in [-0.2, 0) is 9.53 Å². The summed E-state index contributed by atoms with van der Waals surface area (Å²) >= 11 is 0. The molecule has 1 saturated heterocycles. The van der Waals surface area contributed by atoms with Gasteiger partial charge in [-0.3, -0.25) is 4.79 Å². The van der Waals surface area contributed by atoms with E-state index in [-0.39, 0.29) is 12.1 Å². The summed E-state index contributed by atoms with van der Waals surface area (Å²) in [5, 5.41) is 14.0. The molecule has 2 amide bonds. The number of hydrogen-bond donors (Lipinski definition) is 3. The molecular formula is C11H20N2O4. The van der Waals surface area contributed by atoms with Crippen molar-refractivity contribution < 1.29 is 19.4 Å². The van der Waals surface area contributed by atoms with Gasteiger partial charge in [-0.05, 0) is 19.3 Å². The van der Waals surface area contributed by atoms with Crippen LogP contribution in [0.3, 0.4) is 0 Å². The van der Waals surface area contributed by atoms with Gasteiger partial charge in [-0.25, -0.2) is 4.79 Å². The van der Waals surface area contributed by atoms with E-state index >= 15 is 0 Å². The summed E-state index contributed by atoms with van der Waals surface area (Å²) in [5.41, 5.74) is 0. The Morgan fingerprint density at radius 2 is 2.24 bits per heavy atom. The van der Waals surface area contributed by atoms with Gasteiger partial charge in [0.2, 0.25) is 0 Å². The Bertz CT molecular complexity index is 264. The minimum Gasteiger partial charge on any atom is -0.481 e. The zero-order valence-corrected chi connectivity index (χ0v) is 10.1. The van der Waals surface area contributed by atoms with Crippen LogP contribution in [-0.4, -0.2) is 42.9 Å². The fraction of sp³-hybridized carbons (Fsp3) is 0.818. The van der Waals surface area contributed by atoms with Crippen LogP contribution >= 0.6 is 0 Å². The Balaban J connectivity index is 2.02. The number of nitrogens with one attached hydrogen (secondary N) is 2. The Morgan fingerprint density at radius 3 is 2.82 bits per heavy atom. The van der Waals surface area contributed by atoms with Crippen molar-refractivity contribution in [2.24, 2.45) is 5.92 Å². The maximum absolute atomic E-state index is 11.3. The summed E-state index contributed by atoms with van der Waals surface area (Å²) in [7, 11) is 0. The predicted octanol–water partition coefficient (Wildman–Crippen LogP) is 0.575. The van der Waals surface area contributed by atoms with Gasteiger partial charge in [0.25, 0.3) is 0 Å². The fourth-order valence-corrected chi connectivity index (χ4v) is 1.60. The van der Waals surface area contributed by atoms with Gasteiger partial charge in [-0.1, -0.05) is 6.92 Å². The van der Waals surface area contributed by atoms with Crippen LogP contribution in [0.5, 0.6) is 0 Å². The first-order valence-corrected chi connectivity index (χ1v) is 5.95. The highest BCUT2D eigenvalue weighted by Crippen LogP contribution is 2.10. The van der Waals surface area contributed by atoms with E-state index in [2.05, 4.69) is 10.6 Å². The monoisotopic (exact) mass is 244 g/mol. The smallest absolute Gasteiger partial charge is 0.314 e. The predicted molar refractivity (Wildman–Crippen MR) is 61.8 cm³/mol. The van der Waals surface area contributed by atoms with E-state index in [1.165, 1.54) is 0 Å². The normalized spacial score (nSPS) is 20.9. The molecule has 1 aliphatic heterocycles. The second kappa shape index (κ2) is 7.11. The lowest BCUT2D eigenvalue weighted by molar-refractivity contribution is -0.141. The second-order valence-corrected chi connectivity index (χ2v) is 4.30. The van der Waals surface area contributed by atoms with Crippen molar-refractivity contribution in [1.29, 1.82) is 0 Å². The maximum atomic E-state index is 11.3. The number of ether oxygens (including phenoxy) is 1. The van der Waals surface area contributed by atoms with Crippen LogP contribution in [0.25, 0.3) is 0 Å². The molecule has 2 atom stereocenters. The molecular weight excluding hydrogens is 224 g/mol. The third kappa shape index (κ3) is 5.53. The Hall–Kier alpha value is -1.30. The minimum atomic E-state index is -0.841. The fourth-order valence-electron chi connectivity index (χ4n) is 1.60. The summed E-state index contributed by atoms with van der Waals surface area (Å²) in [6.45, 7) is 3.27. The number of amides is 2. The van der Waals surface area contributed by atoms with Crippen LogP contribution in [0.2, 0.25) is 0 Å². The molecule has 0 aromatic carbocycles. The number of urea groups is 1. The molecule has 6 heteroatoms. The lowest BCUT2D eigenvalue weighted by Gasteiger charge is -2.12. The molecule has 1 rings (SSSR count). The molecule has 1 heterocycles. The third-order valence-corrected chi connectivity index (χ3v) is 2.80. The average Bonchev–Trinajstić information content (AvgIpc) is 2.78. The van der Waals surface area contributed by atoms with E-state index in [0.717, 1.165) is 19.4 Å². The lowest BCUT2D eigenvalue weighted by Crippen LogP contribution is -2.40. The molecule has 1 aliphatic rings. The van der Waals surface area contributed by atoms with Crippen molar-refractivity contribution >= 4 is 12.0 Å². The number of hydrogen-bond acceptors (Lipinski definition) is 3. The zero-order chi connectivity index (χ0) is 12.7. The van der Waals surface area contributed by atoms with Gasteiger partial charge in [-0.15, -0.1) is 0 Å². The molecule has 3 N–H and O–H groups in total. The highest BCUT2D eigenvalue weighted by molar-refractivity contribution is 5.74. The van der Waals surface area contributed by atoms with Crippen molar-refractivity contribution in [2.45, 2.75) is 32.3 Å². The Morgan fingerprint density at radius 1 is 1.47 bits per heavy atom. The Labute approximate surface area is 101 Å². The van der Waals surface area contributed by atoms with Gasteiger partial charge in [0.1, 0.15) is 0 Å². The van der Waals surface area contributed by atoms with Crippen molar-refractivity contribution in [2.75, 3.05) is 19.7 Å². The molecule has 0 radical (unpaired) electrons. The molecule has 0 saturated carbocycles. The SMILES string of the molecule is CC(CCNC(=O)NCC1CCCO1)C(=O)O. The van der Waals surface area contributed by atoms with Gasteiger partial charge in [-0.2, -0.15) is 0 Å². The molecule has 98 valence electrons. The third-order valence-electron chi connectivity index (χ3n) is 2.80. The topological polar surface area (TPSA) is 87.7 Å². The summed E-state index contributed by atoms with van der Waals surface area (Å²) in [6.07, 6.45) is 2.59. The summed E-state index contributed by atoms with van der Waals surface area (Å²) in [4.78, 5) is 21.9. The van der Waals surface area contributed by atoms with Crippen molar-refractivity contribution in [1.82, 2.24) is 10.6 Å². The van der Waals surface area contributed by atoms with E-state index in [0.29, 0.717) is 19.5 Å². The molecule has 0 aromatic heterocycles. The average molecular weight is 244 g/mol. The van der Waals surface area contributed by atoms with Crippen molar-refractivity contribution in [3.63, 3.8) is 0 Å². The maximum Gasteiger partial charge on any atom is 0.314 e. The van der Waals surface area contributed by atoms with Crippen LogP contribution in [0.4, 0.5) is 4.79 Å². The Kier molecular flexibility index (Phi) is 5.76. The van der Waals surface area contributed by atoms with Gasteiger partial charge in [0.05, 0.1) is 12.0 Å².